The molecule has 20 heavy (non-hydrogen) atoms. The first-order valence-electron chi connectivity index (χ1n) is 6.55. The smallest absolute Gasteiger partial charge is 0.129 e. The highest BCUT2D eigenvalue weighted by atomic mass is 35.5. The van der Waals surface area contributed by atoms with Gasteiger partial charge in [-0.1, -0.05) is 25.1 Å². The fraction of sp³-hybridized carbons (Fsp3) is 0.188. The molecule has 0 saturated heterocycles. The van der Waals surface area contributed by atoms with Gasteiger partial charge in [-0.05, 0) is 30.2 Å². The lowest BCUT2D eigenvalue weighted by Crippen LogP contribution is -2.02. The average molecular weight is 289 g/mol. The Bertz CT molecular complexity index is 764. The van der Waals surface area contributed by atoms with E-state index in [-0.39, 0.29) is 11.7 Å². The molecule has 3 aromatic rings. The third kappa shape index (κ3) is 2.08. The minimum Gasteiger partial charge on any atom is -0.295 e. The molecule has 0 unspecified atom stereocenters. The van der Waals surface area contributed by atoms with E-state index >= 15 is 0 Å². The van der Waals surface area contributed by atoms with Gasteiger partial charge in [-0.3, -0.25) is 4.57 Å². The van der Waals surface area contributed by atoms with Crippen LogP contribution in [0.25, 0.3) is 16.7 Å². The zero-order chi connectivity index (χ0) is 14.1. The zero-order valence-electron chi connectivity index (χ0n) is 11.1. The predicted octanol–water partition coefficient (Wildman–Crippen LogP) is 4.47. The van der Waals surface area contributed by atoms with Crippen molar-refractivity contribution < 1.29 is 4.39 Å². The van der Waals surface area contributed by atoms with Crippen LogP contribution in [0.15, 0.2) is 42.5 Å². The van der Waals surface area contributed by atoms with E-state index in [1.165, 1.54) is 17.7 Å². The zero-order valence-corrected chi connectivity index (χ0v) is 11.9. The van der Waals surface area contributed by atoms with E-state index in [1.807, 2.05) is 22.8 Å². The molecule has 102 valence electrons. The van der Waals surface area contributed by atoms with Gasteiger partial charge in [0.25, 0.3) is 0 Å². The van der Waals surface area contributed by atoms with Gasteiger partial charge in [0.2, 0.25) is 0 Å². The van der Waals surface area contributed by atoms with Crippen molar-refractivity contribution in [3.63, 3.8) is 0 Å². The summed E-state index contributed by atoms with van der Waals surface area (Å²) in [4.78, 5) is 4.49. The molecule has 0 aliphatic heterocycles. The molecule has 0 atom stereocenters. The van der Waals surface area contributed by atoms with E-state index < -0.39 is 0 Å². The molecular weight excluding hydrogens is 275 g/mol. The van der Waals surface area contributed by atoms with Gasteiger partial charge < -0.3 is 0 Å². The summed E-state index contributed by atoms with van der Waals surface area (Å²) in [5, 5.41) is 0. The van der Waals surface area contributed by atoms with E-state index in [2.05, 4.69) is 18.0 Å². The van der Waals surface area contributed by atoms with Crippen molar-refractivity contribution in [3.8, 4) is 5.69 Å². The van der Waals surface area contributed by atoms with E-state index in [0.29, 0.717) is 0 Å². The molecule has 0 fully saturated rings. The van der Waals surface area contributed by atoms with Crippen LogP contribution >= 0.6 is 11.6 Å². The number of hydrogen-bond acceptors (Lipinski definition) is 1. The van der Waals surface area contributed by atoms with Gasteiger partial charge in [0.05, 0.1) is 22.6 Å². The van der Waals surface area contributed by atoms with Crippen molar-refractivity contribution in [2.75, 3.05) is 0 Å². The first-order chi connectivity index (χ1) is 9.74. The lowest BCUT2D eigenvalue weighted by atomic mass is 10.1. The van der Waals surface area contributed by atoms with Gasteiger partial charge in [-0.25, -0.2) is 9.37 Å². The molecule has 0 saturated carbocycles. The summed E-state index contributed by atoms with van der Waals surface area (Å²) >= 11 is 6.01. The Hall–Kier alpha value is -1.87. The van der Waals surface area contributed by atoms with Crippen LogP contribution in [0.4, 0.5) is 4.39 Å². The van der Waals surface area contributed by atoms with Crippen molar-refractivity contribution in [3.05, 3.63) is 59.7 Å². The number of fused-ring (bicyclic) bond motifs is 1. The number of imidazole rings is 1. The maximum absolute atomic E-state index is 13.6. The molecule has 0 N–H and O–H groups in total. The Balaban J connectivity index is 2.36. The van der Waals surface area contributed by atoms with Gasteiger partial charge >= 0.3 is 0 Å². The third-order valence-corrected chi connectivity index (χ3v) is 3.66. The lowest BCUT2D eigenvalue weighted by Gasteiger charge is -2.12. The second-order valence-corrected chi connectivity index (χ2v) is 4.88. The van der Waals surface area contributed by atoms with Crippen LogP contribution in [0, 0.1) is 5.82 Å². The Kier molecular flexibility index (Phi) is 3.45. The maximum Gasteiger partial charge on any atom is 0.129 e. The number of aryl methyl sites for hydroxylation is 1. The third-order valence-electron chi connectivity index (χ3n) is 3.42. The van der Waals surface area contributed by atoms with Crippen molar-refractivity contribution in [1.82, 2.24) is 9.55 Å². The van der Waals surface area contributed by atoms with Crippen LogP contribution in [0.1, 0.15) is 18.3 Å². The Morgan fingerprint density at radius 3 is 2.75 bits per heavy atom. The van der Waals surface area contributed by atoms with Gasteiger partial charge in [-0.15, -0.1) is 11.6 Å². The molecule has 0 amide bonds. The number of aromatic nitrogens is 2. The molecule has 3 rings (SSSR count). The summed E-state index contributed by atoms with van der Waals surface area (Å²) in [5.74, 6) is 0.746. The summed E-state index contributed by atoms with van der Waals surface area (Å²) in [6.07, 6.45) is 0.896. The average Bonchev–Trinajstić information content (AvgIpc) is 2.84. The second-order valence-electron chi connectivity index (χ2n) is 4.61. The number of hydrogen-bond donors (Lipinski definition) is 0. The molecule has 2 nitrogen and oxygen atoms in total. The van der Waals surface area contributed by atoms with Crippen LogP contribution in [0.3, 0.4) is 0 Å². The quantitative estimate of drug-likeness (QED) is 0.650. The van der Waals surface area contributed by atoms with Crippen LogP contribution in [-0.4, -0.2) is 9.55 Å². The van der Waals surface area contributed by atoms with E-state index in [1.54, 1.807) is 6.07 Å². The first kappa shape index (κ1) is 13.1. The van der Waals surface area contributed by atoms with Gasteiger partial charge in [-0.2, -0.15) is 0 Å². The van der Waals surface area contributed by atoms with E-state index in [4.69, 9.17) is 11.6 Å². The minimum atomic E-state index is -0.270. The van der Waals surface area contributed by atoms with Gasteiger partial charge in [0, 0.05) is 6.07 Å². The highest BCUT2D eigenvalue weighted by Crippen LogP contribution is 2.25. The topological polar surface area (TPSA) is 17.8 Å². The first-order valence-corrected chi connectivity index (χ1v) is 7.09. The number of rotatable bonds is 3. The van der Waals surface area contributed by atoms with Crippen molar-refractivity contribution in [2.24, 2.45) is 0 Å². The molecule has 0 aliphatic carbocycles. The highest BCUT2D eigenvalue weighted by molar-refractivity contribution is 6.17. The van der Waals surface area contributed by atoms with Gasteiger partial charge in [0.15, 0.2) is 0 Å². The van der Waals surface area contributed by atoms with Crippen LogP contribution in [0.2, 0.25) is 0 Å². The number of halogens is 2. The Labute approximate surface area is 121 Å². The van der Waals surface area contributed by atoms with Crippen molar-refractivity contribution >= 4 is 22.6 Å². The normalized spacial score (nSPS) is 11.2. The molecule has 0 bridgehead atoms. The van der Waals surface area contributed by atoms with E-state index in [0.717, 1.165) is 29.0 Å². The molecule has 0 radical (unpaired) electrons. The van der Waals surface area contributed by atoms with Gasteiger partial charge in [0.1, 0.15) is 11.6 Å². The molecule has 4 heteroatoms. The summed E-state index contributed by atoms with van der Waals surface area (Å²) < 4.78 is 15.5. The number of nitrogens with zero attached hydrogens (tertiary/aromatic N) is 2. The Morgan fingerprint density at radius 1 is 1.20 bits per heavy atom. The monoisotopic (exact) mass is 288 g/mol. The Morgan fingerprint density at radius 2 is 2.00 bits per heavy atom. The number of benzene rings is 2. The molecule has 0 spiro atoms. The highest BCUT2D eigenvalue weighted by Gasteiger charge is 2.14. The molecule has 0 aliphatic rings. The SMILES string of the molecule is CCc1ccccc1-n1c(CCl)nc2ccc(F)cc21. The summed E-state index contributed by atoms with van der Waals surface area (Å²) in [7, 11) is 0. The fourth-order valence-electron chi connectivity index (χ4n) is 2.48. The molecular formula is C16H14ClFN2. The van der Waals surface area contributed by atoms with Crippen LogP contribution in [-0.2, 0) is 12.3 Å². The largest absolute Gasteiger partial charge is 0.295 e. The molecule has 1 aromatic heterocycles. The lowest BCUT2D eigenvalue weighted by molar-refractivity contribution is 0.629. The minimum absolute atomic E-state index is 0.270. The standard InChI is InChI=1S/C16H14ClFN2/c1-2-11-5-3-4-6-14(11)20-15-9-12(18)7-8-13(15)19-16(20)10-17/h3-9H,2,10H2,1H3. The summed E-state index contributed by atoms with van der Waals surface area (Å²) in [6.45, 7) is 2.10. The summed E-state index contributed by atoms with van der Waals surface area (Å²) in [6, 6.07) is 12.7. The molecule has 1 heterocycles. The maximum atomic E-state index is 13.6. The van der Waals surface area contributed by atoms with Crippen molar-refractivity contribution in [2.45, 2.75) is 19.2 Å². The van der Waals surface area contributed by atoms with Crippen molar-refractivity contribution in [1.29, 1.82) is 0 Å². The molecule has 2 aromatic carbocycles. The van der Waals surface area contributed by atoms with E-state index in [9.17, 15) is 4.39 Å². The predicted molar refractivity (Wildman–Crippen MR) is 80.0 cm³/mol. The summed E-state index contributed by atoms with van der Waals surface area (Å²) in [5.41, 5.74) is 3.70. The van der Waals surface area contributed by atoms with Crippen LogP contribution < -0.4 is 0 Å². The second kappa shape index (κ2) is 5.25. The number of para-hydroxylation sites is 1. The number of alkyl halides is 1. The fourth-order valence-corrected chi connectivity index (χ4v) is 2.66. The van der Waals surface area contributed by atoms with Crippen LogP contribution in [0.5, 0.6) is 0 Å².